The molecule has 1 heterocycles. The third-order valence-electron chi connectivity index (χ3n) is 4.13. The highest BCUT2D eigenvalue weighted by Gasteiger charge is 2.35. The summed E-state index contributed by atoms with van der Waals surface area (Å²) < 4.78 is 27.1. The summed E-state index contributed by atoms with van der Waals surface area (Å²) in [6.07, 6.45) is -0.141. The van der Waals surface area contributed by atoms with Crippen LogP contribution in [0.25, 0.3) is 0 Å². The number of hydrogen-bond donors (Lipinski definition) is 1. The fourth-order valence-corrected chi connectivity index (χ4v) is 2.92. The molecule has 0 aromatic heterocycles. The van der Waals surface area contributed by atoms with Gasteiger partial charge in [0.05, 0.1) is 21.6 Å². The molecule has 2 aromatic carbocycles. The first kappa shape index (κ1) is 18.7. The zero-order chi connectivity index (χ0) is 19.7. The average molecular weight is 396 g/mol. The van der Waals surface area contributed by atoms with Crippen molar-refractivity contribution in [2.45, 2.75) is 6.42 Å². The summed E-state index contributed by atoms with van der Waals surface area (Å²) in [7, 11) is 0. The minimum absolute atomic E-state index is 0.0107. The van der Waals surface area contributed by atoms with Crippen molar-refractivity contribution in [1.29, 1.82) is 0 Å². The SMILES string of the molecule is O=C(Nc1cc([N+](=O)[O-])ccc1F)C1CC(=O)N(c2ccc(F)c(Cl)c2)C1. The topological polar surface area (TPSA) is 92.5 Å². The first-order chi connectivity index (χ1) is 12.8. The number of carbonyl (C=O) groups is 2. The predicted octanol–water partition coefficient (Wildman–Crippen LogP) is 3.52. The van der Waals surface area contributed by atoms with E-state index >= 15 is 0 Å². The molecule has 0 radical (unpaired) electrons. The highest BCUT2D eigenvalue weighted by atomic mass is 35.5. The van der Waals surface area contributed by atoms with Gasteiger partial charge < -0.3 is 10.2 Å². The summed E-state index contributed by atoms with van der Waals surface area (Å²) >= 11 is 5.72. The zero-order valence-corrected chi connectivity index (χ0v) is 14.4. The maximum atomic E-state index is 13.8. The van der Waals surface area contributed by atoms with E-state index in [4.69, 9.17) is 11.6 Å². The van der Waals surface area contributed by atoms with Gasteiger partial charge in [-0.15, -0.1) is 0 Å². The van der Waals surface area contributed by atoms with Crippen LogP contribution in [0, 0.1) is 27.7 Å². The van der Waals surface area contributed by atoms with Crippen LogP contribution >= 0.6 is 11.6 Å². The van der Waals surface area contributed by atoms with Gasteiger partial charge in [0.1, 0.15) is 11.6 Å². The molecule has 1 unspecified atom stereocenters. The van der Waals surface area contributed by atoms with E-state index in [9.17, 15) is 28.5 Å². The molecule has 2 amide bonds. The number of halogens is 3. The molecule has 140 valence electrons. The average Bonchev–Trinajstić information content (AvgIpc) is 3.01. The van der Waals surface area contributed by atoms with Crippen LogP contribution in [0.4, 0.5) is 25.8 Å². The summed E-state index contributed by atoms with van der Waals surface area (Å²) in [4.78, 5) is 35.9. The number of rotatable bonds is 4. The van der Waals surface area contributed by atoms with Crippen molar-refractivity contribution in [2.75, 3.05) is 16.8 Å². The van der Waals surface area contributed by atoms with Crippen molar-refractivity contribution < 1.29 is 23.3 Å². The number of anilines is 2. The van der Waals surface area contributed by atoms with Crippen LogP contribution in [0.2, 0.25) is 5.02 Å². The lowest BCUT2D eigenvalue weighted by molar-refractivity contribution is -0.384. The Balaban J connectivity index is 1.75. The second-order valence-corrected chi connectivity index (χ2v) is 6.32. The summed E-state index contributed by atoms with van der Waals surface area (Å²) in [6.45, 7) is -0.0107. The number of nitrogens with one attached hydrogen (secondary N) is 1. The smallest absolute Gasteiger partial charge is 0.271 e. The lowest BCUT2D eigenvalue weighted by Crippen LogP contribution is -2.28. The molecule has 27 heavy (non-hydrogen) atoms. The number of amides is 2. The van der Waals surface area contributed by atoms with Gasteiger partial charge in [-0.05, 0) is 24.3 Å². The van der Waals surface area contributed by atoms with Gasteiger partial charge in [-0.1, -0.05) is 11.6 Å². The quantitative estimate of drug-likeness (QED) is 0.633. The highest BCUT2D eigenvalue weighted by molar-refractivity contribution is 6.31. The summed E-state index contributed by atoms with van der Waals surface area (Å²) in [5.41, 5.74) is -0.384. The highest BCUT2D eigenvalue weighted by Crippen LogP contribution is 2.29. The molecule has 1 N–H and O–H groups in total. The van der Waals surface area contributed by atoms with E-state index in [0.717, 1.165) is 24.3 Å². The minimum Gasteiger partial charge on any atom is -0.323 e. The first-order valence-electron chi connectivity index (χ1n) is 7.76. The molecule has 0 bridgehead atoms. The standard InChI is InChI=1S/C17H12ClF2N3O4/c18-12-6-10(1-3-13(12)19)22-8-9(5-16(22)24)17(25)21-15-7-11(23(26)27)2-4-14(15)20/h1-4,6-7,9H,5,8H2,(H,21,25). The van der Waals surface area contributed by atoms with Gasteiger partial charge in [0.15, 0.2) is 0 Å². The number of non-ortho nitro benzene ring substituents is 1. The Morgan fingerprint density at radius 2 is 1.93 bits per heavy atom. The number of nitrogens with zero attached hydrogens (tertiary/aromatic N) is 2. The summed E-state index contributed by atoms with van der Waals surface area (Å²) in [5, 5.41) is 12.9. The minimum atomic E-state index is -0.833. The Kier molecular flexibility index (Phi) is 5.04. The predicted molar refractivity (Wildman–Crippen MR) is 93.6 cm³/mol. The molecule has 7 nitrogen and oxygen atoms in total. The lowest BCUT2D eigenvalue weighted by atomic mass is 10.1. The van der Waals surface area contributed by atoms with Crippen molar-refractivity contribution in [1.82, 2.24) is 0 Å². The molecule has 0 saturated carbocycles. The van der Waals surface area contributed by atoms with Crippen LogP contribution < -0.4 is 10.2 Å². The molecule has 3 rings (SSSR count). The Morgan fingerprint density at radius 1 is 1.22 bits per heavy atom. The molecular weight excluding hydrogens is 384 g/mol. The van der Waals surface area contributed by atoms with Crippen molar-refractivity contribution in [3.8, 4) is 0 Å². The Hall–Kier alpha value is -3.07. The van der Waals surface area contributed by atoms with Gasteiger partial charge in [-0.2, -0.15) is 0 Å². The van der Waals surface area contributed by atoms with Crippen LogP contribution in [0.1, 0.15) is 6.42 Å². The molecule has 0 aliphatic carbocycles. The fraction of sp³-hybridized carbons (Fsp3) is 0.176. The van der Waals surface area contributed by atoms with Gasteiger partial charge in [-0.3, -0.25) is 19.7 Å². The number of benzene rings is 2. The maximum absolute atomic E-state index is 13.8. The maximum Gasteiger partial charge on any atom is 0.271 e. The molecule has 1 aliphatic rings. The van der Waals surface area contributed by atoms with Gasteiger partial charge in [0.25, 0.3) is 5.69 Å². The van der Waals surface area contributed by atoms with Gasteiger partial charge in [0.2, 0.25) is 11.8 Å². The van der Waals surface area contributed by atoms with E-state index in [1.54, 1.807) is 0 Å². The molecule has 1 atom stereocenters. The molecule has 2 aromatic rings. The molecule has 1 fully saturated rings. The number of carbonyl (C=O) groups excluding carboxylic acids is 2. The zero-order valence-electron chi connectivity index (χ0n) is 13.6. The van der Waals surface area contributed by atoms with E-state index in [1.165, 1.54) is 17.0 Å². The van der Waals surface area contributed by atoms with Crippen LogP contribution in [-0.4, -0.2) is 23.3 Å². The van der Waals surface area contributed by atoms with Crippen molar-refractivity contribution in [3.05, 3.63) is 63.2 Å². The van der Waals surface area contributed by atoms with Gasteiger partial charge >= 0.3 is 0 Å². The second kappa shape index (κ2) is 7.28. The van der Waals surface area contributed by atoms with Crippen molar-refractivity contribution in [2.24, 2.45) is 5.92 Å². The number of nitro groups is 1. The number of nitro benzene ring substituents is 1. The first-order valence-corrected chi connectivity index (χ1v) is 8.14. The molecule has 0 spiro atoms. The van der Waals surface area contributed by atoms with Crippen LogP contribution in [0.15, 0.2) is 36.4 Å². The Morgan fingerprint density at radius 3 is 2.59 bits per heavy atom. The number of hydrogen-bond acceptors (Lipinski definition) is 4. The summed E-state index contributed by atoms with van der Waals surface area (Å²) in [5.74, 6) is -3.31. The lowest BCUT2D eigenvalue weighted by Gasteiger charge is -2.17. The molecule has 1 aliphatic heterocycles. The van der Waals surface area contributed by atoms with Crippen molar-refractivity contribution >= 4 is 40.5 Å². The fourth-order valence-electron chi connectivity index (χ4n) is 2.74. The Bertz CT molecular complexity index is 954. The monoisotopic (exact) mass is 395 g/mol. The van der Waals surface area contributed by atoms with E-state index in [1.807, 2.05) is 0 Å². The van der Waals surface area contributed by atoms with E-state index < -0.39 is 28.4 Å². The second-order valence-electron chi connectivity index (χ2n) is 5.91. The van der Waals surface area contributed by atoms with Crippen LogP contribution in [0.5, 0.6) is 0 Å². The Labute approximate surface area is 156 Å². The summed E-state index contributed by atoms with van der Waals surface area (Å²) in [6, 6.07) is 6.50. The molecular formula is C17H12ClF2N3O4. The van der Waals surface area contributed by atoms with Crippen molar-refractivity contribution in [3.63, 3.8) is 0 Å². The van der Waals surface area contributed by atoms with Crippen LogP contribution in [-0.2, 0) is 9.59 Å². The molecule has 10 heteroatoms. The largest absolute Gasteiger partial charge is 0.323 e. The van der Waals surface area contributed by atoms with Gasteiger partial charge in [0, 0.05) is 30.8 Å². The van der Waals surface area contributed by atoms with E-state index in [-0.39, 0.29) is 35.3 Å². The van der Waals surface area contributed by atoms with Crippen LogP contribution in [0.3, 0.4) is 0 Å². The van der Waals surface area contributed by atoms with E-state index in [0.29, 0.717) is 5.69 Å². The van der Waals surface area contributed by atoms with Gasteiger partial charge in [-0.25, -0.2) is 8.78 Å². The molecule has 1 saturated heterocycles. The third-order valence-corrected chi connectivity index (χ3v) is 4.42. The normalized spacial score (nSPS) is 16.5. The van der Waals surface area contributed by atoms with E-state index in [2.05, 4.69) is 5.32 Å². The third kappa shape index (κ3) is 3.87.